The van der Waals surface area contributed by atoms with Crippen LogP contribution in [0.1, 0.15) is 34.5 Å². The van der Waals surface area contributed by atoms with Crippen molar-refractivity contribution in [3.05, 3.63) is 65.2 Å². The number of alkyl halides is 1. The van der Waals surface area contributed by atoms with Crippen LogP contribution in [0.2, 0.25) is 0 Å². The lowest BCUT2D eigenvalue weighted by atomic mass is 10.1. The number of hydrogen-bond acceptors (Lipinski definition) is 2. The smallest absolute Gasteiger partial charge is 0.251 e. The maximum atomic E-state index is 12.3. The Hall–Kier alpha value is -2.00. The Morgan fingerprint density at radius 3 is 2.71 bits per heavy atom. The minimum atomic E-state index is -0.145. The van der Waals surface area contributed by atoms with E-state index in [-0.39, 0.29) is 11.9 Å². The van der Waals surface area contributed by atoms with Crippen molar-refractivity contribution in [2.75, 3.05) is 7.11 Å². The summed E-state index contributed by atoms with van der Waals surface area (Å²) in [5.41, 5.74) is 2.48. The third-order valence-corrected chi connectivity index (χ3v) is 3.61. The van der Waals surface area contributed by atoms with E-state index in [4.69, 9.17) is 16.3 Å². The molecule has 4 heteroatoms. The van der Waals surface area contributed by atoms with E-state index in [2.05, 4.69) is 5.32 Å². The molecule has 0 spiro atoms. The molecule has 0 radical (unpaired) electrons. The van der Waals surface area contributed by atoms with Crippen molar-refractivity contribution >= 4 is 17.5 Å². The van der Waals surface area contributed by atoms with Gasteiger partial charge in [0.15, 0.2) is 0 Å². The number of carbonyl (C=O) groups is 1. The monoisotopic (exact) mass is 303 g/mol. The van der Waals surface area contributed by atoms with Gasteiger partial charge in [0.2, 0.25) is 0 Å². The summed E-state index contributed by atoms with van der Waals surface area (Å²) in [7, 11) is 1.62. The van der Waals surface area contributed by atoms with Crippen LogP contribution in [0, 0.1) is 0 Å². The van der Waals surface area contributed by atoms with Gasteiger partial charge in [-0.2, -0.15) is 0 Å². The molecule has 3 nitrogen and oxygen atoms in total. The van der Waals surface area contributed by atoms with Gasteiger partial charge in [0.1, 0.15) is 5.75 Å². The lowest BCUT2D eigenvalue weighted by Crippen LogP contribution is -2.27. The highest BCUT2D eigenvalue weighted by atomic mass is 35.5. The van der Waals surface area contributed by atoms with Crippen LogP contribution in [0.3, 0.4) is 0 Å². The summed E-state index contributed by atoms with van der Waals surface area (Å²) in [5, 5.41) is 2.98. The van der Waals surface area contributed by atoms with Crippen molar-refractivity contribution in [3.8, 4) is 5.75 Å². The molecular formula is C17H18ClNO2. The fraction of sp³-hybridized carbons (Fsp3) is 0.235. The first kappa shape index (κ1) is 15.4. The second-order valence-corrected chi connectivity index (χ2v) is 5.04. The lowest BCUT2D eigenvalue weighted by molar-refractivity contribution is 0.0939. The molecule has 0 aliphatic heterocycles. The molecule has 1 N–H and O–H groups in total. The van der Waals surface area contributed by atoms with Gasteiger partial charge in [-0.1, -0.05) is 30.3 Å². The number of methoxy groups -OCH3 is 1. The van der Waals surface area contributed by atoms with E-state index in [0.29, 0.717) is 11.4 Å². The van der Waals surface area contributed by atoms with E-state index in [9.17, 15) is 4.79 Å². The quantitative estimate of drug-likeness (QED) is 0.850. The van der Waals surface area contributed by atoms with Crippen LogP contribution in [0.5, 0.6) is 5.75 Å². The molecule has 2 aromatic carbocycles. The summed E-state index contributed by atoms with van der Waals surface area (Å²) in [6.07, 6.45) is 0. The molecule has 0 aliphatic rings. The summed E-state index contributed by atoms with van der Waals surface area (Å²) in [5.74, 6) is 1.03. The SMILES string of the molecule is COc1ccccc1[C@H](C)NC(=O)c1cccc(CCl)c1. The Morgan fingerprint density at radius 1 is 1.24 bits per heavy atom. The number of carbonyl (C=O) groups excluding carboxylic acids is 1. The Balaban J connectivity index is 2.15. The van der Waals surface area contributed by atoms with Gasteiger partial charge in [0.25, 0.3) is 5.91 Å². The summed E-state index contributed by atoms with van der Waals surface area (Å²) in [6, 6.07) is 14.8. The lowest BCUT2D eigenvalue weighted by Gasteiger charge is -2.17. The number of rotatable bonds is 5. The normalized spacial score (nSPS) is 11.8. The number of hydrogen-bond donors (Lipinski definition) is 1. The van der Waals surface area contributed by atoms with E-state index in [1.54, 1.807) is 19.2 Å². The van der Waals surface area contributed by atoms with Gasteiger partial charge >= 0.3 is 0 Å². The van der Waals surface area contributed by atoms with Crippen molar-refractivity contribution in [1.82, 2.24) is 5.32 Å². The second-order valence-electron chi connectivity index (χ2n) is 4.77. The third-order valence-electron chi connectivity index (χ3n) is 3.30. The van der Waals surface area contributed by atoms with E-state index < -0.39 is 0 Å². The average molecular weight is 304 g/mol. The highest BCUT2D eigenvalue weighted by Gasteiger charge is 2.14. The average Bonchev–Trinajstić information content (AvgIpc) is 2.54. The molecule has 0 unspecified atom stereocenters. The van der Waals surface area contributed by atoms with Gasteiger partial charge < -0.3 is 10.1 Å². The number of halogens is 1. The molecule has 0 bridgehead atoms. The Kier molecular flexibility index (Phi) is 5.23. The largest absolute Gasteiger partial charge is 0.496 e. The van der Waals surface area contributed by atoms with Crippen molar-refractivity contribution in [2.45, 2.75) is 18.8 Å². The van der Waals surface area contributed by atoms with E-state index in [1.807, 2.05) is 43.3 Å². The minimum absolute atomic E-state index is 0.125. The number of benzene rings is 2. The number of amides is 1. The van der Waals surface area contributed by atoms with E-state index in [1.165, 1.54) is 0 Å². The molecule has 21 heavy (non-hydrogen) atoms. The molecule has 0 aromatic heterocycles. The molecule has 110 valence electrons. The van der Waals surface area contributed by atoms with Crippen LogP contribution in [-0.4, -0.2) is 13.0 Å². The van der Waals surface area contributed by atoms with E-state index in [0.717, 1.165) is 16.9 Å². The molecule has 2 rings (SSSR count). The number of ether oxygens (including phenoxy) is 1. The van der Waals surface area contributed by atoms with Crippen LogP contribution in [0.25, 0.3) is 0 Å². The second kappa shape index (κ2) is 7.14. The molecule has 0 heterocycles. The molecule has 1 atom stereocenters. The predicted octanol–water partition coefficient (Wildman–Crippen LogP) is 3.93. The molecule has 0 aliphatic carbocycles. The Morgan fingerprint density at radius 2 is 2.00 bits per heavy atom. The van der Waals surface area contributed by atoms with Crippen molar-refractivity contribution in [1.29, 1.82) is 0 Å². The molecule has 0 fully saturated rings. The van der Waals surface area contributed by atoms with Crippen molar-refractivity contribution < 1.29 is 9.53 Å². The fourth-order valence-corrected chi connectivity index (χ4v) is 2.34. The van der Waals surface area contributed by atoms with Gasteiger partial charge in [-0.15, -0.1) is 11.6 Å². The highest BCUT2D eigenvalue weighted by Crippen LogP contribution is 2.24. The molecule has 0 saturated heterocycles. The summed E-state index contributed by atoms with van der Waals surface area (Å²) >= 11 is 5.80. The predicted molar refractivity (Wildman–Crippen MR) is 84.9 cm³/mol. The van der Waals surface area contributed by atoms with Crippen LogP contribution in [0.15, 0.2) is 48.5 Å². The third kappa shape index (κ3) is 3.76. The topological polar surface area (TPSA) is 38.3 Å². The maximum Gasteiger partial charge on any atom is 0.251 e. The summed E-state index contributed by atoms with van der Waals surface area (Å²) in [6.45, 7) is 1.93. The Labute approximate surface area is 129 Å². The fourth-order valence-electron chi connectivity index (χ4n) is 2.18. The van der Waals surface area contributed by atoms with Gasteiger partial charge in [-0.3, -0.25) is 4.79 Å². The zero-order chi connectivity index (χ0) is 15.2. The summed E-state index contributed by atoms with van der Waals surface area (Å²) < 4.78 is 5.32. The zero-order valence-electron chi connectivity index (χ0n) is 12.1. The molecule has 2 aromatic rings. The van der Waals surface area contributed by atoms with E-state index >= 15 is 0 Å². The maximum absolute atomic E-state index is 12.3. The van der Waals surface area contributed by atoms with Crippen molar-refractivity contribution in [3.63, 3.8) is 0 Å². The number of para-hydroxylation sites is 1. The Bertz CT molecular complexity index is 628. The molecule has 0 saturated carbocycles. The first-order chi connectivity index (χ1) is 10.2. The first-order valence-electron chi connectivity index (χ1n) is 6.74. The minimum Gasteiger partial charge on any atom is -0.496 e. The van der Waals surface area contributed by atoms with Crippen LogP contribution < -0.4 is 10.1 Å². The standard InChI is InChI=1S/C17H18ClNO2/c1-12(15-8-3-4-9-16(15)21-2)19-17(20)14-7-5-6-13(10-14)11-18/h3-10,12H,11H2,1-2H3,(H,19,20)/t12-/m0/s1. The first-order valence-corrected chi connectivity index (χ1v) is 7.28. The van der Waals surface area contributed by atoms with Crippen LogP contribution >= 0.6 is 11.6 Å². The van der Waals surface area contributed by atoms with Gasteiger partial charge in [-0.25, -0.2) is 0 Å². The van der Waals surface area contributed by atoms with Gasteiger partial charge in [-0.05, 0) is 30.7 Å². The van der Waals surface area contributed by atoms with Crippen LogP contribution in [-0.2, 0) is 5.88 Å². The zero-order valence-corrected chi connectivity index (χ0v) is 12.9. The van der Waals surface area contributed by atoms with Crippen LogP contribution in [0.4, 0.5) is 0 Å². The van der Waals surface area contributed by atoms with Gasteiger partial charge in [0, 0.05) is 17.0 Å². The summed E-state index contributed by atoms with van der Waals surface area (Å²) in [4.78, 5) is 12.3. The molecule has 1 amide bonds. The van der Waals surface area contributed by atoms with Gasteiger partial charge in [0.05, 0.1) is 13.2 Å². The molecular weight excluding hydrogens is 286 g/mol. The van der Waals surface area contributed by atoms with Crippen molar-refractivity contribution in [2.24, 2.45) is 0 Å². The number of nitrogens with one attached hydrogen (secondary N) is 1. The highest BCUT2D eigenvalue weighted by molar-refractivity contribution is 6.17.